The molecule has 3 aromatic rings. The minimum Gasteiger partial charge on any atom is -0.497 e. The zero-order valence-corrected chi connectivity index (χ0v) is 23.5. The Kier molecular flexibility index (Phi) is 7.02. The van der Waals surface area contributed by atoms with Crippen molar-refractivity contribution < 1.29 is 21.6 Å². The molecule has 1 fully saturated rings. The van der Waals surface area contributed by atoms with Gasteiger partial charge in [0.05, 0.1) is 29.1 Å². The summed E-state index contributed by atoms with van der Waals surface area (Å²) in [6.45, 7) is 4.82. The first-order chi connectivity index (χ1) is 18.1. The topological polar surface area (TPSA) is 87.2 Å². The number of benzene rings is 3. The quantitative estimate of drug-likeness (QED) is 0.443. The second kappa shape index (κ2) is 10.00. The molecular weight excluding hydrogens is 522 g/mol. The summed E-state index contributed by atoms with van der Waals surface area (Å²) in [5, 5.41) is 0. The number of likely N-dealkylation sites (N-methyl/N-ethyl adjacent to an activating group) is 1. The van der Waals surface area contributed by atoms with Crippen molar-refractivity contribution in [2.45, 2.75) is 21.5 Å². The van der Waals surface area contributed by atoms with Crippen molar-refractivity contribution in [3.05, 3.63) is 83.9 Å². The van der Waals surface area contributed by atoms with E-state index < -0.39 is 24.6 Å². The van der Waals surface area contributed by atoms with Crippen LogP contribution >= 0.6 is 0 Å². The SMILES string of the molecule is COc1ccc2c(c1)C(CN1CCN(C)CC1)(S(=O)(=O)c1ccc(C)cc1)CN2S(=O)(=O)c1ccccc1. The zero-order valence-electron chi connectivity index (χ0n) is 21.9. The number of sulfonamides is 1. The Hall–Kier alpha value is -2.92. The predicted molar refractivity (Wildman–Crippen MR) is 148 cm³/mol. The fraction of sp³-hybridized carbons (Fsp3) is 0.357. The molecule has 0 spiro atoms. The Morgan fingerprint density at radius 1 is 0.842 bits per heavy atom. The highest BCUT2D eigenvalue weighted by molar-refractivity contribution is 7.94. The van der Waals surface area contributed by atoms with Crippen LogP contribution in [0.5, 0.6) is 5.75 Å². The molecular formula is C28H33N3O5S2. The molecule has 10 heteroatoms. The minimum absolute atomic E-state index is 0.116. The van der Waals surface area contributed by atoms with Crippen LogP contribution in [-0.4, -0.2) is 80.1 Å². The van der Waals surface area contributed by atoms with Gasteiger partial charge in [-0.15, -0.1) is 0 Å². The predicted octanol–water partition coefficient (Wildman–Crippen LogP) is 3.13. The van der Waals surface area contributed by atoms with E-state index in [4.69, 9.17) is 4.74 Å². The highest BCUT2D eigenvalue weighted by Crippen LogP contribution is 2.50. The number of ether oxygens (including phenoxy) is 1. The van der Waals surface area contributed by atoms with E-state index in [1.165, 1.54) is 23.5 Å². The molecule has 202 valence electrons. The van der Waals surface area contributed by atoms with E-state index in [1.807, 2.05) is 14.0 Å². The van der Waals surface area contributed by atoms with Gasteiger partial charge in [-0.05, 0) is 56.4 Å². The smallest absolute Gasteiger partial charge is 0.264 e. The average molecular weight is 556 g/mol. The Balaban J connectivity index is 1.73. The Bertz CT molecular complexity index is 1520. The van der Waals surface area contributed by atoms with Crippen LogP contribution in [0.2, 0.25) is 0 Å². The number of methoxy groups -OCH3 is 1. The largest absolute Gasteiger partial charge is 0.497 e. The number of piperazine rings is 1. The minimum atomic E-state index is -4.06. The van der Waals surface area contributed by atoms with E-state index >= 15 is 0 Å². The molecule has 1 saturated heterocycles. The molecule has 2 aliphatic rings. The Morgan fingerprint density at radius 3 is 2.13 bits per heavy atom. The van der Waals surface area contributed by atoms with Crippen LogP contribution in [0, 0.1) is 6.92 Å². The van der Waals surface area contributed by atoms with Gasteiger partial charge < -0.3 is 9.64 Å². The number of rotatable bonds is 7. The molecule has 0 aromatic heterocycles. The van der Waals surface area contributed by atoms with E-state index in [9.17, 15) is 16.8 Å². The van der Waals surface area contributed by atoms with Gasteiger partial charge in [0, 0.05) is 38.3 Å². The van der Waals surface area contributed by atoms with Crippen LogP contribution in [0.4, 0.5) is 5.69 Å². The lowest BCUT2D eigenvalue weighted by Crippen LogP contribution is -2.54. The number of sulfone groups is 1. The average Bonchev–Trinajstić information content (AvgIpc) is 3.26. The number of hydrogen-bond donors (Lipinski definition) is 0. The molecule has 1 atom stereocenters. The second-order valence-corrected chi connectivity index (χ2v) is 14.2. The zero-order chi connectivity index (χ0) is 27.1. The summed E-state index contributed by atoms with van der Waals surface area (Å²) in [6.07, 6.45) is 0. The second-order valence-electron chi connectivity index (χ2n) is 10.1. The van der Waals surface area contributed by atoms with Gasteiger partial charge >= 0.3 is 0 Å². The van der Waals surface area contributed by atoms with E-state index in [-0.39, 0.29) is 22.9 Å². The van der Waals surface area contributed by atoms with Crippen molar-refractivity contribution in [1.82, 2.24) is 9.80 Å². The van der Waals surface area contributed by atoms with Crippen molar-refractivity contribution in [3.8, 4) is 5.75 Å². The third kappa shape index (κ3) is 4.49. The summed E-state index contributed by atoms with van der Waals surface area (Å²) in [4.78, 5) is 4.62. The van der Waals surface area contributed by atoms with Crippen molar-refractivity contribution in [2.75, 3.05) is 57.7 Å². The van der Waals surface area contributed by atoms with Gasteiger partial charge in [0.2, 0.25) is 0 Å². The van der Waals surface area contributed by atoms with Crippen LogP contribution in [0.1, 0.15) is 11.1 Å². The lowest BCUT2D eigenvalue weighted by molar-refractivity contribution is 0.142. The van der Waals surface area contributed by atoms with Gasteiger partial charge in [0.25, 0.3) is 10.0 Å². The van der Waals surface area contributed by atoms with Gasteiger partial charge in [-0.25, -0.2) is 16.8 Å². The molecule has 3 aromatic carbocycles. The van der Waals surface area contributed by atoms with Gasteiger partial charge in [-0.2, -0.15) is 0 Å². The van der Waals surface area contributed by atoms with Gasteiger partial charge in [0.15, 0.2) is 9.84 Å². The molecule has 0 saturated carbocycles. The third-order valence-corrected chi connectivity index (χ3v) is 11.8. The maximum absolute atomic E-state index is 14.7. The summed E-state index contributed by atoms with van der Waals surface area (Å²) in [7, 11) is -4.54. The van der Waals surface area contributed by atoms with Crippen molar-refractivity contribution in [3.63, 3.8) is 0 Å². The Morgan fingerprint density at radius 2 is 1.50 bits per heavy atom. The van der Waals surface area contributed by atoms with Gasteiger partial charge in [0.1, 0.15) is 10.5 Å². The fourth-order valence-corrected chi connectivity index (χ4v) is 9.02. The van der Waals surface area contributed by atoms with Gasteiger partial charge in [-0.3, -0.25) is 9.21 Å². The van der Waals surface area contributed by atoms with Crippen molar-refractivity contribution in [2.24, 2.45) is 0 Å². The molecule has 0 radical (unpaired) electrons. The van der Waals surface area contributed by atoms with Crippen LogP contribution in [0.15, 0.2) is 82.6 Å². The molecule has 2 aliphatic heterocycles. The van der Waals surface area contributed by atoms with E-state index in [2.05, 4.69) is 9.80 Å². The first kappa shape index (κ1) is 26.7. The first-order valence-electron chi connectivity index (χ1n) is 12.6. The lowest BCUT2D eigenvalue weighted by atomic mass is 9.98. The van der Waals surface area contributed by atoms with E-state index in [1.54, 1.807) is 60.7 Å². The normalized spacial score (nSPS) is 20.9. The molecule has 0 bridgehead atoms. The Labute approximate surface area is 225 Å². The standard InChI is InChI=1S/C28H33N3O5S2/c1-22-9-12-24(13-10-22)37(32,33)28(20-30-17-15-29(2)16-18-30)21-31(27-14-11-23(36-3)19-26(27)28)38(34,35)25-7-5-4-6-8-25/h4-14,19H,15-18,20-21H2,1-3H3. The summed E-state index contributed by atoms with van der Waals surface area (Å²) >= 11 is 0. The van der Waals surface area contributed by atoms with Crippen molar-refractivity contribution >= 4 is 25.5 Å². The fourth-order valence-electron chi connectivity index (χ4n) is 5.32. The molecule has 0 amide bonds. The summed E-state index contributed by atoms with van der Waals surface area (Å²) in [5.41, 5.74) is 1.74. The lowest BCUT2D eigenvalue weighted by Gasteiger charge is -2.39. The molecule has 5 rings (SSSR count). The van der Waals surface area contributed by atoms with E-state index in [0.717, 1.165) is 18.7 Å². The molecule has 8 nitrogen and oxygen atoms in total. The summed E-state index contributed by atoms with van der Waals surface area (Å²) in [6, 6.07) is 20.0. The molecule has 2 heterocycles. The van der Waals surface area contributed by atoms with Crippen molar-refractivity contribution in [1.29, 1.82) is 0 Å². The summed E-state index contributed by atoms with van der Waals surface area (Å²) < 4.78 is 62.5. The highest BCUT2D eigenvalue weighted by Gasteiger charge is 2.56. The maximum atomic E-state index is 14.7. The molecule has 0 aliphatic carbocycles. The molecule has 0 N–H and O–H groups in total. The molecule has 38 heavy (non-hydrogen) atoms. The first-order valence-corrected chi connectivity index (χ1v) is 15.5. The van der Waals surface area contributed by atoms with E-state index in [0.29, 0.717) is 30.1 Å². The maximum Gasteiger partial charge on any atom is 0.264 e. The number of hydrogen-bond acceptors (Lipinski definition) is 7. The van der Waals surface area contributed by atoms with Crippen LogP contribution in [0.3, 0.4) is 0 Å². The summed E-state index contributed by atoms with van der Waals surface area (Å²) in [5.74, 6) is 0.476. The molecule has 1 unspecified atom stereocenters. The third-order valence-electron chi connectivity index (χ3n) is 7.61. The van der Waals surface area contributed by atoms with Crippen LogP contribution in [-0.2, 0) is 24.6 Å². The van der Waals surface area contributed by atoms with Gasteiger partial charge in [-0.1, -0.05) is 35.9 Å². The number of fused-ring (bicyclic) bond motifs is 1. The number of nitrogens with zero attached hydrogens (tertiary/aromatic N) is 3. The van der Waals surface area contributed by atoms with Crippen LogP contribution < -0.4 is 9.04 Å². The highest BCUT2D eigenvalue weighted by atomic mass is 32.2. The number of aryl methyl sites for hydroxylation is 1. The van der Waals surface area contributed by atoms with Crippen LogP contribution in [0.25, 0.3) is 0 Å². The monoisotopic (exact) mass is 555 g/mol. The number of anilines is 1.